The van der Waals surface area contributed by atoms with Crippen LogP contribution in [0.2, 0.25) is 5.02 Å². The lowest BCUT2D eigenvalue weighted by Gasteiger charge is -2.03. The molecule has 0 radical (unpaired) electrons. The van der Waals surface area contributed by atoms with Gasteiger partial charge in [0.25, 0.3) is 0 Å². The van der Waals surface area contributed by atoms with E-state index in [0.717, 1.165) is 30.6 Å². The summed E-state index contributed by atoms with van der Waals surface area (Å²) in [5, 5.41) is 5.28. The van der Waals surface area contributed by atoms with Crippen molar-refractivity contribution in [1.29, 1.82) is 0 Å². The van der Waals surface area contributed by atoms with Crippen molar-refractivity contribution in [2.24, 2.45) is 0 Å². The Hall–Kier alpha value is -1.30. The summed E-state index contributed by atoms with van der Waals surface area (Å²) in [6, 6.07) is 9.82. The van der Waals surface area contributed by atoms with Crippen LogP contribution in [-0.2, 0) is 0 Å². The van der Waals surface area contributed by atoms with Gasteiger partial charge in [-0.05, 0) is 52.7 Å². The van der Waals surface area contributed by atoms with Crippen LogP contribution < -0.4 is 5.73 Å². The molecule has 3 rings (SSSR count). The molecule has 0 unspecified atom stereocenters. The van der Waals surface area contributed by atoms with E-state index in [0.29, 0.717) is 5.69 Å². The maximum atomic E-state index is 6.15. The summed E-state index contributed by atoms with van der Waals surface area (Å²) in [7, 11) is 0. The summed E-state index contributed by atoms with van der Waals surface area (Å²) in [6.07, 6.45) is 1.81. The number of anilines is 1. The van der Waals surface area contributed by atoms with Gasteiger partial charge < -0.3 is 5.73 Å². The van der Waals surface area contributed by atoms with Crippen LogP contribution >= 0.6 is 38.9 Å². The molecule has 0 aliphatic heterocycles. The Morgan fingerprint density at radius 2 is 2.10 bits per heavy atom. The number of nitrogens with zero attached hydrogens (tertiary/aromatic N) is 2. The molecular formula is C14H11BrClN3S. The number of benzene rings is 1. The zero-order valence-corrected chi connectivity index (χ0v) is 13.8. The van der Waals surface area contributed by atoms with Crippen molar-refractivity contribution in [2.45, 2.75) is 6.92 Å². The van der Waals surface area contributed by atoms with Crippen molar-refractivity contribution < 1.29 is 0 Å². The maximum Gasteiger partial charge on any atom is 0.126 e. The Kier molecular flexibility index (Phi) is 3.58. The van der Waals surface area contributed by atoms with Crippen molar-refractivity contribution in [2.75, 3.05) is 5.73 Å². The summed E-state index contributed by atoms with van der Waals surface area (Å²) in [6.45, 7) is 1.97. The summed E-state index contributed by atoms with van der Waals surface area (Å²) in [5.74, 6) is 0. The van der Waals surface area contributed by atoms with Crippen molar-refractivity contribution in [1.82, 2.24) is 9.78 Å². The Morgan fingerprint density at radius 1 is 1.30 bits per heavy atom. The number of thiophene rings is 1. The van der Waals surface area contributed by atoms with Crippen molar-refractivity contribution in [3.8, 4) is 16.3 Å². The van der Waals surface area contributed by atoms with E-state index in [2.05, 4.69) is 21.0 Å². The predicted molar refractivity (Wildman–Crippen MR) is 88.7 cm³/mol. The van der Waals surface area contributed by atoms with E-state index in [1.165, 1.54) is 0 Å². The van der Waals surface area contributed by atoms with Gasteiger partial charge in [-0.2, -0.15) is 5.10 Å². The number of nitrogens with two attached hydrogens (primary N) is 1. The lowest BCUT2D eigenvalue weighted by atomic mass is 10.2. The summed E-state index contributed by atoms with van der Waals surface area (Å²) >= 11 is 11.2. The molecule has 1 aromatic carbocycles. The molecule has 3 nitrogen and oxygen atoms in total. The Morgan fingerprint density at radius 3 is 2.75 bits per heavy atom. The first-order chi connectivity index (χ1) is 9.54. The SMILES string of the molecule is Cc1ccc(-n2cc(N)c(-c3ccc(Br)s3)n2)cc1Cl. The second kappa shape index (κ2) is 5.24. The fourth-order valence-electron chi connectivity index (χ4n) is 1.88. The highest BCUT2D eigenvalue weighted by molar-refractivity contribution is 9.11. The van der Waals surface area contributed by atoms with Crippen LogP contribution in [0, 0.1) is 6.92 Å². The first-order valence-electron chi connectivity index (χ1n) is 5.92. The zero-order chi connectivity index (χ0) is 14.3. The van der Waals surface area contributed by atoms with Gasteiger partial charge in [0.1, 0.15) is 5.69 Å². The number of hydrogen-bond donors (Lipinski definition) is 1. The highest BCUT2D eigenvalue weighted by Gasteiger charge is 2.12. The van der Waals surface area contributed by atoms with E-state index in [-0.39, 0.29) is 0 Å². The molecule has 0 aliphatic rings. The number of aryl methyl sites for hydroxylation is 1. The monoisotopic (exact) mass is 367 g/mol. The van der Waals surface area contributed by atoms with Crippen molar-refractivity contribution in [3.63, 3.8) is 0 Å². The number of halogens is 2. The van der Waals surface area contributed by atoms with Crippen LogP contribution in [-0.4, -0.2) is 9.78 Å². The summed E-state index contributed by atoms with van der Waals surface area (Å²) in [4.78, 5) is 1.03. The topological polar surface area (TPSA) is 43.8 Å². The van der Waals surface area contributed by atoms with Crippen molar-refractivity contribution in [3.05, 3.63) is 50.9 Å². The number of rotatable bonds is 2. The molecule has 0 saturated heterocycles. The normalized spacial score (nSPS) is 10.9. The molecular weight excluding hydrogens is 358 g/mol. The third-order valence-corrected chi connectivity index (χ3v) is 5.01. The van der Waals surface area contributed by atoms with E-state index in [1.54, 1.807) is 16.0 Å². The molecule has 0 aliphatic carbocycles. The molecule has 20 heavy (non-hydrogen) atoms. The quantitative estimate of drug-likeness (QED) is 0.698. The smallest absolute Gasteiger partial charge is 0.126 e. The van der Waals surface area contributed by atoms with E-state index in [1.807, 2.05) is 43.5 Å². The maximum absolute atomic E-state index is 6.15. The van der Waals surface area contributed by atoms with E-state index in [4.69, 9.17) is 17.3 Å². The van der Waals surface area contributed by atoms with E-state index >= 15 is 0 Å². The second-order valence-electron chi connectivity index (χ2n) is 4.41. The fraction of sp³-hybridized carbons (Fsp3) is 0.0714. The van der Waals surface area contributed by atoms with E-state index < -0.39 is 0 Å². The van der Waals surface area contributed by atoms with Crippen LogP contribution in [0.25, 0.3) is 16.3 Å². The molecule has 0 atom stereocenters. The van der Waals surface area contributed by atoms with E-state index in [9.17, 15) is 0 Å². The van der Waals surface area contributed by atoms with Gasteiger partial charge in [0, 0.05) is 5.02 Å². The molecule has 0 saturated carbocycles. The molecule has 102 valence electrons. The van der Waals surface area contributed by atoms with Gasteiger partial charge in [-0.25, -0.2) is 4.68 Å². The van der Waals surface area contributed by atoms with Crippen LogP contribution in [0.1, 0.15) is 5.56 Å². The van der Waals surface area contributed by atoms with Crippen molar-refractivity contribution >= 4 is 44.6 Å². The Bertz CT molecular complexity index is 779. The van der Waals surface area contributed by atoms with Gasteiger partial charge in [0.05, 0.1) is 26.2 Å². The second-order valence-corrected chi connectivity index (χ2v) is 7.29. The summed E-state index contributed by atoms with van der Waals surface area (Å²) < 4.78 is 2.81. The van der Waals surface area contributed by atoms with Gasteiger partial charge in [-0.3, -0.25) is 0 Å². The zero-order valence-electron chi connectivity index (χ0n) is 10.6. The minimum absolute atomic E-state index is 0.649. The third kappa shape index (κ3) is 2.49. The Balaban J connectivity index is 2.06. The Labute approximate surface area is 134 Å². The first kappa shape index (κ1) is 13.7. The summed E-state index contributed by atoms with van der Waals surface area (Å²) in [5.41, 5.74) is 9.44. The molecule has 2 aromatic heterocycles. The number of hydrogen-bond acceptors (Lipinski definition) is 3. The standard InChI is InChI=1S/C14H11BrClN3S/c1-8-2-3-9(6-10(8)16)19-7-11(17)14(18-19)12-4-5-13(15)20-12/h2-7H,17H2,1H3. The third-order valence-electron chi connectivity index (χ3n) is 2.97. The minimum atomic E-state index is 0.649. The van der Waals surface area contributed by atoms with Crippen LogP contribution in [0.5, 0.6) is 0 Å². The molecule has 3 aromatic rings. The fourth-order valence-corrected chi connectivity index (χ4v) is 3.44. The predicted octanol–water partition coefficient (Wildman–Crippen LogP) is 4.91. The molecule has 2 heterocycles. The molecule has 0 bridgehead atoms. The molecule has 0 fully saturated rings. The van der Waals surface area contributed by atoms with Gasteiger partial charge >= 0.3 is 0 Å². The highest BCUT2D eigenvalue weighted by Crippen LogP contribution is 2.34. The molecule has 0 spiro atoms. The molecule has 2 N–H and O–H groups in total. The molecule has 0 amide bonds. The van der Waals surface area contributed by atoms with Gasteiger partial charge in [-0.1, -0.05) is 17.7 Å². The average Bonchev–Trinajstić information content (AvgIpc) is 2.99. The average molecular weight is 369 g/mol. The van der Waals surface area contributed by atoms with Gasteiger partial charge in [-0.15, -0.1) is 11.3 Å². The molecule has 6 heteroatoms. The largest absolute Gasteiger partial charge is 0.396 e. The lowest BCUT2D eigenvalue weighted by molar-refractivity contribution is 0.885. The highest BCUT2D eigenvalue weighted by atomic mass is 79.9. The van der Waals surface area contributed by atoms with Crippen LogP contribution in [0.3, 0.4) is 0 Å². The van der Waals surface area contributed by atoms with Gasteiger partial charge in [0.2, 0.25) is 0 Å². The van der Waals surface area contributed by atoms with Gasteiger partial charge in [0.15, 0.2) is 0 Å². The minimum Gasteiger partial charge on any atom is -0.396 e. The van der Waals surface area contributed by atoms with Crippen LogP contribution in [0.15, 0.2) is 40.3 Å². The number of nitrogen functional groups attached to an aromatic ring is 1. The lowest BCUT2D eigenvalue weighted by Crippen LogP contribution is -1.95. The van der Waals surface area contributed by atoms with Crippen LogP contribution in [0.4, 0.5) is 5.69 Å². The first-order valence-corrected chi connectivity index (χ1v) is 7.91. The number of aromatic nitrogens is 2.